The van der Waals surface area contributed by atoms with E-state index in [1.807, 2.05) is 6.92 Å². The molecule has 1 aliphatic carbocycles. The number of aliphatic hydroxyl groups is 1. The molecule has 6 heteroatoms. The number of aryl methyl sites for hydroxylation is 1. The van der Waals surface area contributed by atoms with Crippen molar-refractivity contribution in [1.82, 2.24) is 15.0 Å². The zero-order chi connectivity index (χ0) is 17.6. The largest absolute Gasteiger partial charge is 0.432 e. The fraction of sp³-hybridized carbons (Fsp3) is 0.526. The van der Waals surface area contributed by atoms with Crippen LogP contribution in [0.4, 0.5) is 5.82 Å². The van der Waals surface area contributed by atoms with Gasteiger partial charge in [-0.25, -0.2) is 15.0 Å². The highest BCUT2D eigenvalue weighted by molar-refractivity contribution is 6.06. The predicted octanol–water partition coefficient (Wildman–Crippen LogP) is 3.57. The van der Waals surface area contributed by atoms with Gasteiger partial charge in [0.1, 0.15) is 11.8 Å². The number of aromatic nitrogens is 3. The Bertz CT molecular complexity index is 928. The van der Waals surface area contributed by atoms with Crippen LogP contribution in [0.15, 0.2) is 10.7 Å². The first kappa shape index (κ1) is 16.3. The van der Waals surface area contributed by atoms with E-state index < -0.39 is 0 Å². The summed E-state index contributed by atoms with van der Waals surface area (Å²) in [7, 11) is 0. The molecule has 3 aromatic rings. The van der Waals surface area contributed by atoms with Gasteiger partial charge in [0.25, 0.3) is 0 Å². The Labute approximate surface area is 146 Å². The number of pyridine rings is 1. The van der Waals surface area contributed by atoms with Gasteiger partial charge in [-0.1, -0.05) is 20.8 Å². The van der Waals surface area contributed by atoms with E-state index in [2.05, 4.69) is 29.1 Å². The molecule has 1 atom stereocenters. The van der Waals surface area contributed by atoms with E-state index in [-0.39, 0.29) is 12.6 Å². The molecular weight excluding hydrogens is 316 g/mol. The first-order chi connectivity index (χ1) is 12.1. The zero-order valence-electron chi connectivity index (χ0n) is 15.0. The van der Waals surface area contributed by atoms with Gasteiger partial charge >= 0.3 is 0 Å². The second kappa shape index (κ2) is 6.26. The van der Waals surface area contributed by atoms with Crippen LogP contribution in [0, 0.1) is 0 Å². The smallest absolute Gasteiger partial charge is 0.229 e. The van der Waals surface area contributed by atoms with Gasteiger partial charge < -0.3 is 14.8 Å². The third-order valence-corrected chi connectivity index (χ3v) is 5.10. The monoisotopic (exact) mass is 340 g/mol. The summed E-state index contributed by atoms with van der Waals surface area (Å²) in [5.74, 6) is 0.994. The Morgan fingerprint density at radius 1 is 1.24 bits per heavy atom. The van der Waals surface area contributed by atoms with E-state index in [1.54, 1.807) is 6.33 Å². The normalized spacial score (nSPS) is 15.2. The lowest BCUT2D eigenvalue weighted by atomic mass is 9.99. The van der Waals surface area contributed by atoms with Gasteiger partial charge in [-0.2, -0.15) is 0 Å². The summed E-state index contributed by atoms with van der Waals surface area (Å²) in [6, 6.07) is -0.0591. The van der Waals surface area contributed by atoms with Crippen LogP contribution in [0.3, 0.4) is 0 Å². The van der Waals surface area contributed by atoms with Crippen LogP contribution in [-0.4, -0.2) is 32.7 Å². The Kier molecular flexibility index (Phi) is 4.07. The highest BCUT2D eigenvalue weighted by Gasteiger charge is 2.26. The summed E-state index contributed by atoms with van der Waals surface area (Å²) in [5.41, 5.74) is 5.96. The number of nitrogens with zero attached hydrogens (tertiary/aromatic N) is 3. The number of aliphatic hydroxyl groups excluding tert-OH is 1. The van der Waals surface area contributed by atoms with Crippen LogP contribution >= 0.6 is 0 Å². The molecule has 2 N–H and O–H groups in total. The van der Waals surface area contributed by atoms with Gasteiger partial charge in [0, 0.05) is 0 Å². The van der Waals surface area contributed by atoms with Crippen molar-refractivity contribution in [3.8, 4) is 0 Å². The molecule has 132 valence electrons. The van der Waals surface area contributed by atoms with E-state index >= 15 is 0 Å². The molecule has 0 bridgehead atoms. The van der Waals surface area contributed by atoms with Crippen LogP contribution in [0.1, 0.15) is 56.4 Å². The minimum atomic E-state index is -0.0591. The van der Waals surface area contributed by atoms with Crippen LogP contribution in [-0.2, 0) is 12.8 Å². The van der Waals surface area contributed by atoms with Crippen molar-refractivity contribution in [3.63, 3.8) is 0 Å². The quantitative estimate of drug-likeness (QED) is 0.739. The standard InChI is InChI=1S/C19H24N4O2/c1-4-11(8-24)22-18-17-16(20-9-21-18)14-12-6-5-7-13(12)15(10(2)3)23-19(14)25-17/h9-11,24H,4-8H2,1-3H3,(H,20,21,22)/t11-/m0/s1. The number of fused-ring (bicyclic) bond motifs is 5. The molecule has 0 aromatic carbocycles. The van der Waals surface area contributed by atoms with E-state index in [4.69, 9.17) is 9.40 Å². The van der Waals surface area contributed by atoms with Gasteiger partial charge in [0.15, 0.2) is 11.4 Å². The molecule has 4 rings (SSSR count). The molecule has 0 saturated carbocycles. The fourth-order valence-corrected chi connectivity index (χ4v) is 3.78. The molecule has 6 nitrogen and oxygen atoms in total. The summed E-state index contributed by atoms with van der Waals surface area (Å²) in [6.45, 7) is 6.42. The highest BCUT2D eigenvalue weighted by atomic mass is 16.3. The average molecular weight is 340 g/mol. The maximum atomic E-state index is 9.47. The molecule has 0 amide bonds. The molecule has 0 radical (unpaired) electrons. The van der Waals surface area contributed by atoms with E-state index in [0.717, 1.165) is 42.3 Å². The number of furan rings is 1. The third-order valence-electron chi connectivity index (χ3n) is 5.10. The van der Waals surface area contributed by atoms with Gasteiger partial charge in [-0.15, -0.1) is 0 Å². The fourth-order valence-electron chi connectivity index (χ4n) is 3.78. The number of rotatable bonds is 5. The van der Waals surface area contributed by atoms with Crippen molar-refractivity contribution in [2.75, 3.05) is 11.9 Å². The lowest BCUT2D eigenvalue weighted by molar-refractivity contribution is 0.271. The maximum Gasteiger partial charge on any atom is 0.229 e. The zero-order valence-corrected chi connectivity index (χ0v) is 15.0. The Morgan fingerprint density at radius 2 is 2.04 bits per heavy atom. The Morgan fingerprint density at radius 3 is 2.76 bits per heavy atom. The van der Waals surface area contributed by atoms with Crippen molar-refractivity contribution in [3.05, 3.63) is 23.1 Å². The van der Waals surface area contributed by atoms with Gasteiger partial charge in [0.2, 0.25) is 5.71 Å². The summed E-state index contributed by atoms with van der Waals surface area (Å²) < 4.78 is 6.11. The molecule has 0 spiro atoms. The second-order valence-electron chi connectivity index (χ2n) is 7.08. The first-order valence-corrected chi connectivity index (χ1v) is 9.10. The molecule has 3 aromatic heterocycles. The predicted molar refractivity (Wildman–Crippen MR) is 98.0 cm³/mol. The van der Waals surface area contributed by atoms with Crippen LogP contribution in [0.25, 0.3) is 22.2 Å². The van der Waals surface area contributed by atoms with Crippen molar-refractivity contribution in [1.29, 1.82) is 0 Å². The van der Waals surface area contributed by atoms with Gasteiger partial charge in [-0.3, -0.25) is 0 Å². The summed E-state index contributed by atoms with van der Waals surface area (Å²) in [6.07, 6.45) is 5.64. The van der Waals surface area contributed by atoms with Crippen molar-refractivity contribution < 1.29 is 9.52 Å². The molecular formula is C19H24N4O2. The molecule has 25 heavy (non-hydrogen) atoms. The molecule has 1 aliphatic rings. The van der Waals surface area contributed by atoms with Gasteiger partial charge in [0.05, 0.1) is 23.7 Å². The van der Waals surface area contributed by atoms with Crippen LogP contribution < -0.4 is 5.32 Å². The van der Waals surface area contributed by atoms with Crippen molar-refractivity contribution in [2.24, 2.45) is 0 Å². The molecule has 0 unspecified atom stereocenters. The van der Waals surface area contributed by atoms with E-state index in [9.17, 15) is 5.11 Å². The molecule has 3 heterocycles. The van der Waals surface area contributed by atoms with Crippen LogP contribution in [0.5, 0.6) is 0 Å². The lowest BCUT2D eigenvalue weighted by Gasteiger charge is -2.14. The first-order valence-electron chi connectivity index (χ1n) is 9.10. The number of hydrogen-bond acceptors (Lipinski definition) is 6. The highest BCUT2D eigenvalue weighted by Crippen LogP contribution is 2.39. The maximum absolute atomic E-state index is 9.47. The third kappa shape index (κ3) is 2.56. The molecule has 0 saturated heterocycles. The number of hydrogen-bond donors (Lipinski definition) is 2. The summed E-state index contributed by atoms with van der Waals surface area (Å²) in [5, 5.41) is 13.8. The van der Waals surface area contributed by atoms with Crippen molar-refractivity contribution >= 4 is 28.0 Å². The molecule has 0 fully saturated rings. The second-order valence-corrected chi connectivity index (χ2v) is 7.08. The average Bonchev–Trinajstić information content (AvgIpc) is 3.22. The minimum Gasteiger partial charge on any atom is -0.432 e. The summed E-state index contributed by atoms with van der Waals surface area (Å²) in [4.78, 5) is 13.7. The van der Waals surface area contributed by atoms with E-state index in [1.165, 1.54) is 11.1 Å². The SMILES string of the molecule is CC[C@@H](CO)Nc1ncnc2c1oc1nc(C(C)C)c3c(c12)CCC3. The lowest BCUT2D eigenvalue weighted by Crippen LogP contribution is -2.23. The Hall–Kier alpha value is -2.21. The topological polar surface area (TPSA) is 84.1 Å². The minimum absolute atomic E-state index is 0.0490. The van der Waals surface area contributed by atoms with E-state index in [0.29, 0.717) is 23.0 Å². The number of nitrogens with one attached hydrogen (secondary N) is 1. The van der Waals surface area contributed by atoms with Crippen LogP contribution in [0.2, 0.25) is 0 Å². The van der Waals surface area contributed by atoms with Crippen molar-refractivity contribution in [2.45, 2.75) is 58.4 Å². The van der Waals surface area contributed by atoms with Gasteiger partial charge in [-0.05, 0) is 42.7 Å². The number of anilines is 1. The summed E-state index contributed by atoms with van der Waals surface area (Å²) >= 11 is 0. The molecule has 0 aliphatic heterocycles. The Balaban J connectivity index is 1.96.